The maximum absolute atomic E-state index is 13.0. The van der Waals surface area contributed by atoms with Crippen molar-refractivity contribution in [2.24, 2.45) is 0 Å². The molecule has 4 aromatic rings. The van der Waals surface area contributed by atoms with Crippen LogP contribution in [0.4, 0.5) is 10.1 Å². The molecule has 0 unspecified atom stereocenters. The number of alkyl halides is 1. The van der Waals surface area contributed by atoms with Gasteiger partial charge < -0.3 is 19.2 Å². The fraction of sp³-hybridized carbons (Fsp3) is 0.261. The van der Waals surface area contributed by atoms with Gasteiger partial charge in [-0.2, -0.15) is 0 Å². The standard InChI is InChI=1S/C22H19N7O2.CH3F/c30-22(18-10-15(6-7-23-18)29-11-19(24-12-29)14-4-5-14)26-17-3-1-2-16-20(17)31-9-8-28-13-25-27-21(16)28;1-2/h1-3,6-7,10-14H,4-5,8-9H2,(H,26,30);1H3. The number of nitrogens with one attached hydrogen (secondary N) is 1. The van der Waals surface area contributed by atoms with Gasteiger partial charge in [0.1, 0.15) is 18.6 Å². The van der Waals surface area contributed by atoms with Gasteiger partial charge in [0.2, 0.25) is 0 Å². The van der Waals surface area contributed by atoms with E-state index in [2.05, 4.69) is 25.5 Å². The number of benzene rings is 1. The molecule has 1 saturated carbocycles. The van der Waals surface area contributed by atoms with E-state index in [-0.39, 0.29) is 5.91 Å². The number of imidazole rings is 1. The van der Waals surface area contributed by atoms with Crippen molar-refractivity contribution in [3.05, 3.63) is 66.8 Å². The molecule has 9 nitrogen and oxygen atoms in total. The molecule has 2 aliphatic rings. The highest BCUT2D eigenvalue weighted by atomic mass is 19.1. The minimum atomic E-state index is -0.313. The quantitative estimate of drug-likeness (QED) is 0.513. The SMILES string of the molecule is CF.O=C(Nc1cccc2c1OCCn1cnnc1-2)c1cc(-n2cnc(C3CC3)c2)ccn1. The molecule has 1 fully saturated rings. The number of anilines is 1. The number of halogens is 1. The van der Waals surface area contributed by atoms with Crippen LogP contribution >= 0.6 is 0 Å². The summed E-state index contributed by atoms with van der Waals surface area (Å²) in [4.78, 5) is 21.7. The molecular weight excluding hydrogens is 425 g/mol. The van der Waals surface area contributed by atoms with E-state index in [0.717, 1.165) is 22.8 Å². The summed E-state index contributed by atoms with van der Waals surface area (Å²) in [6.45, 7) is 1.10. The number of nitrogens with zero attached hydrogens (tertiary/aromatic N) is 6. The Hall–Kier alpha value is -4.08. The van der Waals surface area contributed by atoms with Crippen molar-refractivity contribution in [1.29, 1.82) is 0 Å². The van der Waals surface area contributed by atoms with Gasteiger partial charge in [-0.05, 0) is 37.1 Å². The molecule has 0 spiro atoms. The number of fused-ring (bicyclic) bond motifs is 3. The first kappa shape index (κ1) is 20.8. The highest BCUT2D eigenvalue weighted by Crippen LogP contribution is 2.39. The molecule has 0 bridgehead atoms. The fourth-order valence-electron chi connectivity index (χ4n) is 3.80. The number of ether oxygens (including phenoxy) is 1. The second-order valence-electron chi connectivity index (χ2n) is 7.71. The molecule has 1 aliphatic heterocycles. The third kappa shape index (κ3) is 4.07. The molecule has 1 aromatic carbocycles. The van der Waals surface area contributed by atoms with Crippen LogP contribution in [-0.4, -0.2) is 49.0 Å². The zero-order valence-electron chi connectivity index (χ0n) is 18.0. The Labute approximate surface area is 189 Å². The van der Waals surface area contributed by atoms with Gasteiger partial charge in [0.25, 0.3) is 5.91 Å². The summed E-state index contributed by atoms with van der Waals surface area (Å²) in [6.07, 6.45) is 9.51. The molecule has 4 heterocycles. The molecular formula is C23H22FN7O2. The van der Waals surface area contributed by atoms with Crippen molar-refractivity contribution < 1.29 is 13.9 Å². The number of amides is 1. The van der Waals surface area contributed by atoms with E-state index < -0.39 is 0 Å². The first-order valence-electron chi connectivity index (χ1n) is 10.6. The van der Waals surface area contributed by atoms with Gasteiger partial charge in [-0.15, -0.1) is 10.2 Å². The van der Waals surface area contributed by atoms with Gasteiger partial charge in [-0.25, -0.2) is 4.98 Å². The summed E-state index contributed by atoms with van der Waals surface area (Å²) < 4.78 is 19.3. The van der Waals surface area contributed by atoms with Crippen LogP contribution in [0.15, 0.2) is 55.4 Å². The molecule has 6 rings (SSSR count). The Morgan fingerprint density at radius 2 is 2.06 bits per heavy atom. The highest BCUT2D eigenvalue weighted by molar-refractivity contribution is 6.04. The number of rotatable bonds is 4. The van der Waals surface area contributed by atoms with Crippen molar-refractivity contribution in [3.8, 4) is 22.8 Å². The number of para-hydroxylation sites is 1. The second kappa shape index (κ2) is 8.81. The zero-order valence-corrected chi connectivity index (χ0v) is 18.0. The van der Waals surface area contributed by atoms with Gasteiger partial charge in [0.15, 0.2) is 11.6 Å². The summed E-state index contributed by atoms with van der Waals surface area (Å²) >= 11 is 0. The molecule has 3 aromatic heterocycles. The predicted octanol–water partition coefficient (Wildman–Crippen LogP) is 3.63. The zero-order chi connectivity index (χ0) is 22.8. The lowest BCUT2D eigenvalue weighted by atomic mass is 10.1. The fourth-order valence-corrected chi connectivity index (χ4v) is 3.80. The van der Waals surface area contributed by atoms with E-state index in [4.69, 9.17) is 4.74 Å². The van der Waals surface area contributed by atoms with Gasteiger partial charge in [-0.3, -0.25) is 14.2 Å². The van der Waals surface area contributed by atoms with Crippen LogP contribution in [0.2, 0.25) is 0 Å². The Kier molecular flexibility index (Phi) is 5.55. The molecule has 10 heteroatoms. The molecule has 0 saturated heterocycles. The summed E-state index contributed by atoms with van der Waals surface area (Å²) in [6, 6.07) is 9.19. The molecule has 0 radical (unpaired) electrons. The van der Waals surface area contributed by atoms with Crippen molar-refractivity contribution in [3.63, 3.8) is 0 Å². The van der Waals surface area contributed by atoms with Gasteiger partial charge in [-0.1, -0.05) is 6.07 Å². The Bertz CT molecular complexity index is 1300. The number of hydrogen-bond acceptors (Lipinski definition) is 6. The average molecular weight is 447 g/mol. The lowest BCUT2D eigenvalue weighted by Gasteiger charge is -2.13. The smallest absolute Gasteiger partial charge is 0.274 e. The van der Waals surface area contributed by atoms with E-state index in [0.29, 0.717) is 43.4 Å². The van der Waals surface area contributed by atoms with Crippen LogP contribution in [0, 0.1) is 0 Å². The Morgan fingerprint density at radius 3 is 2.91 bits per heavy atom. The summed E-state index contributed by atoms with van der Waals surface area (Å²) in [7, 11) is 0.500. The predicted molar refractivity (Wildman–Crippen MR) is 119 cm³/mol. The molecule has 33 heavy (non-hydrogen) atoms. The van der Waals surface area contributed by atoms with Crippen LogP contribution in [0.5, 0.6) is 5.75 Å². The van der Waals surface area contributed by atoms with Crippen molar-refractivity contribution >= 4 is 11.6 Å². The van der Waals surface area contributed by atoms with Gasteiger partial charge in [0.05, 0.1) is 42.7 Å². The van der Waals surface area contributed by atoms with Gasteiger partial charge >= 0.3 is 0 Å². The van der Waals surface area contributed by atoms with E-state index in [9.17, 15) is 9.18 Å². The molecule has 168 valence electrons. The molecule has 1 N–H and O–H groups in total. The van der Waals surface area contributed by atoms with E-state index in [1.54, 1.807) is 24.9 Å². The first-order valence-corrected chi connectivity index (χ1v) is 10.6. The normalized spacial score (nSPS) is 14.1. The van der Waals surface area contributed by atoms with Crippen LogP contribution < -0.4 is 10.1 Å². The maximum Gasteiger partial charge on any atom is 0.274 e. The highest BCUT2D eigenvalue weighted by Gasteiger charge is 2.26. The van der Waals surface area contributed by atoms with E-state index in [1.807, 2.05) is 39.6 Å². The van der Waals surface area contributed by atoms with E-state index >= 15 is 0 Å². The second-order valence-corrected chi connectivity index (χ2v) is 7.71. The lowest BCUT2D eigenvalue weighted by molar-refractivity contribution is 0.102. The summed E-state index contributed by atoms with van der Waals surface area (Å²) in [5, 5.41) is 11.1. The lowest BCUT2D eigenvalue weighted by Crippen LogP contribution is -2.15. The average Bonchev–Trinajstić information content (AvgIpc) is 3.46. The van der Waals surface area contributed by atoms with E-state index in [1.165, 1.54) is 12.8 Å². The van der Waals surface area contributed by atoms with Crippen molar-refractivity contribution in [1.82, 2.24) is 29.3 Å². The van der Waals surface area contributed by atoms with Crippen LogP contribution in [0.1, 0.15) is 34.9 Å². The Morgan fingerprint density at radius 1 is 1.18 bits per heavy atom. The number of pyridine rings is 1. The van der Waals surface area contributed by atoms with Crippen molar-refractivity contribution in [2.75, 3.05) is 19.1 Å². The molecule has 1 amide bonds. The molecule has 0 atom stereocenters. The van der Waals surface area contributed by atoms with Crippen LogP contribution in [-0.2, 0) is 6.54 Å². The van der Waals surface area contributed by atoms with Crippen LogP contribution in [0.25, 0.3) is 17.1 Å². The molecule has 1 aliphatic carbocycles. The van der Waals surface area contributed by atoms with Gasteiger partial charge in [0, 0.05) is 18.3 Å². The monoisotopic (exact) mass is 447 g/mol. The minimum Gasteiger partial charge on any atom is -0.489 e. The number of carbonyl (C=O) groups excluding carboxylic acids is 1. The summed E-state index contributed by atoms with van der Waals surface area (Å²) in [5.74, 6) is 1.56. The largest absolute Gasteiger partial charge is 0.489 e. The van der Waals surface area contributed by atoms with Crippen molar-refractivity contribution in [2.45, 2.75) is 25.3 Å². The summed E-state index contributed by atoms with van der Waals surface area (Å²) in [5.41, 5.74) is 3.62. The third-order valence-corrected chi connectivity index (χ3v) is 5.57. The Balaban J connectivity index is 0.00000111. The first-order chi connectivity index (χ1) is 16.3. The van der Waals surface area contributed by atoms with Crippen LogP contribution in [0.3, 0.4) is 0 Å². The minimum absolute atomic E-state index is 0.313. The number of hydrogen-bond donors (Lipinski definition) is 1. The maximum atomic E-state index is 13.0. The topological polar surface area (TPSA) is 99.8 Å². The third-order valence-electron chi connectivity index (χ3n) is 5.57. The number of carbonyl (C=O) groups is 1. The number of aromatic nitrogens is 6.